The van der Waals surface area contributed by atoms with Crippen LogP contribution in [0, 0.1) is 17.2 Å². The van der Waals surface area contributed by atoms with Gasteiger partial charge in [-0.25, -0.2) is 0 Å². The second kappa shape index (κ2) is 4.90. The zero-order chi connectivity index (χ0) is 15.1. The number of fused-ring (bicyclic) bond motifs is 1. The highest BCUT2D eigenvalue weighted by molar-refractivity contribution is 5.94. The SMILES string of the molecule is CC1=C(C)C(C)C(c2ccc3ccccc3c2C#N)=C1C. The van der Waals surface area contributed by atoms with E-state index < -0.39 is 0 Å². The lowest BCUT2D eigenvalue weighted by Crippen LogP contribution is -2.00. The Kier molecular flexibility index (Phi) is 3.18. The zero-order valence-electron chi connectivity index (χ0n) is 13.0. The summed E-state index contributed by atoms with van der Waals surface area (Å²) in [5, 5.41) is 11.9. The smallest absolute Gasteiger partial charge is 0.100 e. The molecule has 2 aromatic rings. The third-order valence-electron chi connectivity index (χ3n) is 4.97. The van der Waals surface area contributed by atoms with Gasteiger partial charge < -0.3 is 0 Å². The van der Waals surface area contributed by atoms with Crippen LogP contribution in [0.15, 0.2) is 53.1 Å². The molecule has 0 N–H and O–H groups in total. The van der Waals surface area contributed by atoms with Crippen molar-refractivity contribution < 1.29 is 0 Å². The van der Waals surface area contributed by atoms with Crippen LogP contribution < -0.4 is 0 Å². The second-order valence-electron chi connectivity index (χ2n) is 5.89. The van der Waals surface area contributed by atoms with Crippen LogP contribution in [0.4, 0.5) is 0 Å². The molecule has 0 aliphatic heterocycles. The maximum absolute atomic E-state index is 9.69. The summed E-state index contributed by atoms with van der Waals surface area (Å²) in [6.45, 7) is 8.79. The second-order valence-corrected chi connectivity index (χ2v) is 5.89. The number of benzene rings is 2. The van der Waals surface area contributed by atoms with Gasteiger partial charge in [0.2, 0.25) is 0 Å². The van der Waals surface area contributed by atoms with Crippen molar-refractivity contribution >= 4 is 16.3 Å². The van der Waals surface area contributed by atoms with E-state index in [0.29, 0.717) is 5.92 Å². The molecule has 0 amide bonds. The fourth-order valence-corrected chi connectivity index (χ4v) is 3.42. The minimum atomic E-state index is 0.387. The largest absolute Gasteiger partial charge is 0.192 e. The van der Waals surface area contributed by atoms with Crippen LogP contribution in [0.3, 0.4) is 0 Å². The summed E-state index contributed by atoms with van der Waals surface area (Å²) in [7, 11) is 0. The Balaban J connectivity index is 2.31. The minimum absolute atomic E-state index is 0.387. The maximum Gasteiger partial charge on any atom is 0.100 e. The summed E-state index contributed by atoms with van der Waals surface area (Å²) >= 11 is 0. The summed E-state index contributed by atoms with van der Waals surface area (Å²) in [5.74, 6) is 0.387. The first-order chi connectivity index (χ1) is 10.1. The van der Waals surface area contributed by atoms with Crippen molar-refractivity contribution in [1.82, 2.24) is 0 Å². The van der Waals surface area contributed by atoms with E-state index in [1.54, 1.807) is 0 Å². The third-order valence-corrected chi connectivity index (χ3v) is 4.97. The van der Waals surface area contributed by atoms with Crippen LogP contribution in [-0.4, -0.2) is 0 Å². The fraction of sp³-hybridized carbons (Fsp3) is 0.250. The summed E-state index contributed by atoms with van der Waals surface area (Å²) in [5.41, 5.74) is 7.32. The summed E-state index contributed by atoms with van der Waals surface area (Å²) in [4.78, 5) is 0. The van der Waals surface area contributed by atoms with Gasteiger partial charge in [0.25, 0.3) is 0 Å². The van der Waals surface area contributed by atoms with E-state index in [1.165, 1.54) is 22.3 Å². The Hall–Kier alpha value is -2.33. The maximum atomic E-state index is 9.69. The van der Waals surface area contributed by atoms with E-state index >= 15 is 0 Å². The van der Waals surface area contributed by atoms with Gasteiger partial charge in [0, 0.05) is 11.3 Å². The molecule has 1 aliphatic carbocycles. The van der Waals surface area contributed by atoms with E-state index in [1.807, 2.05) is 18.2 Å². The van der Waals surface area contributed by atoms with Crippen LogP contribution in [0.5, 0.6) is 0 Å². The first kappa shape index (κ1) is 13.6. The van der Waals surface area contributed by atoms with Gasteiger partial charge in [-0.1, -0.05) is 48.9 Å². The summed E-state index contributed by atoms with van der Waals surface area (Å²) in [6.07, 6.45) is 0. The number of rotatable bonds is 1. The van der Waals surface area contributed by atoms with Crippen LogP contribution >= 0.6 is 0 Å². The van der Waals surface area contributed by atoms with Crippen LogP contribution in [0.2, 0.25) is 0 Å². The average molecular weight is 273 g/mol. The normalized spacial score (nSPS) is 18.5. The highest BCUT2D eigenvalue weighted by Gasteiger charge is 2.26. The predicted molar refractivity (Wildman–Crippen MR) is 88.8 cm³/mol. The van der Waals surface area contributed by atoms with Crippen molar-refractivity contribution in [3.05, 3.63) is 64.2 Å². The van der Waals surface area contributed by atoms with Gasteiger partial charge in [-0.05, 0) is 48.4 Å². The van der Waals surface area contributed by atoms with Gasteiger partial charge in [0.1, 0.15) is 6.07 Å². The van der Waals surface area contributed by atoms with Crippen molar-refractivity contribution in [2.24, 2.45) is 5.92 Å². The molecule has 2 aromatic carbocycles. The first-order valence-electron chi connectivity index (χ1n) is 7.37. The Bertz CT molecular complexity index is 844. The predicted octanol–water partition coefficient (Wildman–Crippen LogP) is 5.47. The summed E-state index contributed by atoms with van der Waals surface area (Å²) < 4.78 is 0. The van der Waals surface area contributed by atoms with E-state index in [0.717, 1.165) is 21.9 Å². The molecule has 1 unspecified atom stereocenters. The molecule has 1 nitrogen and oxygen atoms in total. The van der Waals surface area contributed by atoms with E-state index in [-0.39, 0.29) is 0 Å². The van der Waals surface area contributed by atoms with E-state index in [4.69, 9.17) is 0 Å². The molecule has 1 atom stereocenters. The number of nitriles is 1. The topological polar surface area (TPSA) is 23.8 Å². The quantitative estimate of drug-likeness (QED) is 0.675. The molecule has 0 spiro atoms. The fourth-order valence-electron chi connectivity index (χ4n) is 3.42. The Labute approximate surface area is 126 Å². The third kappa shape index (κ3) is 1.91. The van der Waals surface area contributed by atoms with Gasteiger partial charge in [-0.3, -0.25) is 0 Å². The number of allylic oxidation sites excluding steroid dienone is 4. The van der Waals surface area contributed by atoms with Gasteiger partial charge in [0.05, 0.1) is 5.56 Å². The molecule has 0 radical (unpaired) electrons. The van der Waals surface area contributed by atoms with E-state index in [2.05, 4.69) is 52.0 Å². The van der Waals surface area contributed by atoms with Crippen LogP contribution in [-0.2, 0) is 0 Å². The Morgan fingerprint density at radius 2 is 1.67 bits per heavy atom. The van der Waals surface area contributed by atoms with E-state index in [9.17, 15) is 5.26 Å². The van der Waals surface area contributed by atoms with Gasteiger partial charge in [0.15, 0.2) is 0 Å². The molecule has 1 aliphatic rings. The monoisotopic (exact) mass is 273 g/mol. The van der Waals surface area contributed by atoms with Crippen molar-refractivity contribution in [2.75, 3.05) is 0 Å². The molecule has 1 heteroatoms. The number of nitrogens with zero attached hydrogens (tertiary/aromatic N) is 1. The Morgan fingerprint density at radius 3 is 2.29 bits per heavy atom. The minimum Gasteiger partial charge on any atom is -0.192 e. The lowest BCUT2D eigenvalue weighted by atomic mass is 9.87. The van der Waals surface area contributed by atoms with Gasteiger partial charge in [-0.15, -0.1) is 0 Å². The zero-order valence-corrected chi connectivity index (χ0v) is 13.0. The molecule has 0 saturated carbocycles. The van der Waals surface area contributed by atoms with Crippen LogP contribution in [0.1, 0.15) is 38.8 Å². The van der Waals surface area contributed by atoms with Crippen molar-refractivity contribution in [3.63, 3.8) is 0 Å². The molecule has 0 fully saturated rings. The molecule has 3 rings (SSSR count). The number of hydrogen-bond acceptors (Lipinski definition) is 1. The average Bonchev–Trinajstić information content (AvgIpc) is 2.70. The Morgan fingerprint density at radius 1 is 0.952 bits per heavy atom. The molecule has 0 saturated heterocycles. The standard InChI is InChI=1S/C20H19N/c1-12-13(2)15(4)20(14(12)3)18-10-9-16-7-5-6-8-17(16)19(18)11-21/h5-10,14H,1-4H3. The van der Waals surface area contributed by atoms with Crippen molar-refractivity contribution in [2.45, 2.75) is 27.7 Å². The highest BCUT2D eigenvalue weighted by Crippen LogP contribution is 2.44. The molecule has 0 bridgehead atoms. The van der Waals surface area contributed by atoms with Gasteiger partial charge in [-0.2, -0.15) is 5.26 Å². The first-order valence-corrected chi connectivity index (χ1v) is 7.37. The molecule has 0 heterocycles. The lowest BCUT2D eigenvalue weighted by Gasteiger charge is -2.16. The van der Waals surface area contributed by atoms with Crippen molar-refractivity contribution in [1.29, 1.82) is 5.26 Å². The van der Waals surface area contributed by atoms with Crippen molar-refractivity contribution in [3.8, 4) is 6.07 Å². The molecular weight excluding hydrogens is 254 g/mol. The van der Waals surface area contributed by atoms with Crippen LogP contribution in [0.25, 0.3) is 16.3 Å². The lowest BCUT2D eigenvalue weighted by molar-refractivity contribution is 0.895. The highest BCUT2D eigenvalue weighted by atomic mass is 14.3. The molecule has 21 heavy (non-hydrogen) atoms. The molecular formula is C20H19N. The molecule has 0 aromatic heterocycles. The summed E-state index contributed by atoms with van der Waals surface area (Å²) in [6, 6.07) is 14.8. The van der Waals surface area contributed by atoms with Gasteiger partial charge >= 0.3 is 0 Å². The molecule has 104 valence electrons. The number of hydrogen-bond donors (Lipinski definition) is 0.